The van der Waals surface area contributed by atoms with Crippen LogP contribution in [-0.2, 0) is 6.42 Å². The lowest BCUT2D eigenvalue weighted by atomic mass is 9.83. The lowest BCUT2D eigenvalue weighted by Gasteiger charge is -2.24. The van der Waals surface area contributed by atoms with Gasteiger partial charge in [-0.2, -0.15) is 0 Å². The topological polar surface area (TPSA) is 46.3 Å². The van der Waals surface area contributed by atoms with Crippen LogP contribution in [0.25, 0.3) is 0 Å². The molecular weight excluding hydrogens is 300 g/mol. The highest BCUT2D eigenvalue weighted by Gasteiger charge is 2.37. The molecule has 1 amide bonds. The smallest absolute Gasteiger partial charge is 0.276 e. The van der Waals surface area contributed by atoms with E-state index in [2.05, 4.69) is 42.4 Å². The van der Waals surface area contributed by atoms with Crippen LogP contribution in [0.5, 0.6) is 0 Å². The summed E-state index contributed by atoms with van der Waals surface area (Å²) in [7, 11) is 0. The summed E-state index contributed by atoms with van der Waals surface area (Å²) >= 11 is 0. The highest BCUT2D eigenvalue weighted by Crippen LogP contribution is 2.40. The van der Waals surface area contributed by atoms with Crippen molar-refractivity contribution >= 4 is 5.91 Å². The molecule has 1 atom stereocenters. The molecule has 1 aliphatic heterocycles. The van der Waals surface area contributed by atoms with Gasteiger partial charge in [-0.1, -0.05) is 42.4 Å². The standard InChI is InChI=1S/C20H24N2O2/c1-20(10-9-15-5-3-2-4-6-15)11-12-22(14-20)19(23)17-13-18(24-21-17)16-7-8-16/h2-6,13,16H,7-12,14H2,1H3. The summed E-state index contributed by atoms with van der Waals surface area (Å²) in [5.41, 5.74) is 2.03. The van der Waals surface area contributed by atoms with Gasteiger partial charge in [0.1, 0.15) is 5.76 Å². The lowest BCUT2D eigenvalue weighted by molar-refractivity contribution is 0.0763. The molecular formula is C20H24N2O2. The molecule has 0 bridgehead atoms. The second kappa shape index (κ2) is 6.08. The molecule has 4 nitrogen and oxygen atoms in total. The SMILES string of the molecule is CC1(CCc2ccccc2)CCN(C(=O)c2cc(C3CC3)on2)C1. The second-order valence-electron chi connectivity index (χ2n) is 7.66. The molecule has 1 saturated heterocycles. The number of carbonyl (C=O) groups is 1. The van der Waals surface area contributed by atoms with E-state index in [1.165, 1.54) is 5.56 Å². The fourth-order valence-corrected chi connectivity index (χ4v) is 3.60. The first-order valence-electron chi connectivity index (χ1n) is 8.93. The van der Waals surface area contributed by atoms with Crippen molar-refractivity contribution in [1.82, 2.24) is 10.1 Å². The summed E-state index contributed by atoms with van der Waals surface area (Å²) < 4.78 is 5.33. The molecule has 0 spiro atoms. The van der Waals surface area contributed by atoms with Gasteiger partial charge in [-0.15, -0.1) is 0 Å². The van der Waals surface area contributed by atoms with Crippen LogP contribution in [0, 0.1) is 5.41 Å². The molecule has 2 heterocycles. The van der Waals surface area contributed by atoms with Crippen LogP contribution < -0.4 is 0 Å². The summed E-state index contributed by atoms with van der Waals surface area (Å²) in [4.78, 5) is 14.6. The summed E-state index contributed by atoms with van der Waals surface area (Å²) in [6.07, 6.45) is 5.54. The Morgan fingerprint density at radius 3 is 2.88 bits per heavy atom. The van der Waals surface area contributed by atoms with Crippen molar-refractivity contribution in [3.05, 3.63) is 53.4 Å². The van der Waals surface area contributed by atoms with E-state index in [1.54, 1.807) is 0 Å². The van der Waals surface area contributed by atoms with Gasteiger partial charge in [0.2, 0.25) is 0 Å². The molecule has 126 valence electrons. The van der Waals surface area contributed by atoms with Crippen LogP contribution in [0.15, 0.2) is 40.9 Å². The minimum absolute atomic E-state index is 0.0223. The molecule has 4 heteroatoms. The fourth-order valence-electron chi connectivity index (χ4n) is 3.60. The Balaban J connectivity index is 1.36. The van der Waals surface area contributed by atoms with Gasteiger partial charge < -0.3 is 9.42 Å². The van der Waals surface area contributed by atoms with Crippen molar-refractivity contribution in [3.63, 3.8) is 0 Å². The van der Waals surface area contributed by atoms with Gasteiger partial charge in [-0.25, -0.2) is 0 Å². The zero-order valence-corrected chi connectivity index (χ0v) is 14.2. The number of aromatic nitrogens is 1. The average Bonchev–Trinajstić information content (AvgIpc) is 3.20. The van der Waals surface area contributed by atoms with Crippen molar-refractivity contribution in [2.45, 2.75) is 44.9 Å². The number of likely N-dealkylation sites (tertiary alicyclic amines) is 1. The normalized spacial score (nSPS) is 23.6. The van der Waals surface area contributed by atoms with Gasteiger partial charge in [-0.05, 0) is 43.1 Å². The third-order valence-corrected chi connectivity index (χ3v) is 5.43. The van der Waals surface area contributed by atoms with Gasteiger partial charge >= 0.3 is 0 Å². The Morgan fingerprint density at radius 2 is 2.12 bits per heavy atom. The number of nitrogens with zero attached hydrogens (tertiary/aromatic N) is 2. The molecule has 1 aromatic heterocycles. The van der Waals surface area contributed by atoms with Crippen LogP contribution in [0.3, 0.4) is 0 Å². The van der Waals surface area contributed by atoms with E-state index in [1.807, 2.05) is 11.0 Å². The zero-order chi connectivity index (χ0) is 16.6. The monoisotopic (exact) mass is 324 g/mol. The average molecular weight is 324 g/mol. The number of carbonyl (C=O) groups excluding carboxylic acids is 1. The fraction of sp³-hybridized carbons (Fsp3) is 0.500. The number of benzene rings is 1. The molecule has 4 rings (SSSR count). The summed E-state index contributed by atoms with van der Waals surface area (Å²) in [5, 5.41) is 4.00. The number of amides is 1. The summed E-state index contributed by atoms with van der Waals surface area (Å²) in [6.45, 7) is 3.92. The minimum atomic E-state index is 0.0223. The number of hydrogen-bond donors (Lipinski definition) is 0. The quantitative estimate of drug-likeness (QED) is 0.834. The van der Waals surface area contributed by atoms with Gasteiger partial charge in [0.15, 0.2) is 5.69 Å². The third-order valence-electron chi connectivity index (χ3n) is 5.43. The van der Waals surface area contributed by atoms with Crippen LogP contribution >= 0.6 is 0 Å². The van der Waals surface area contributed by atoms with Crippen molar-refractivity contribution in [1.29, 1.82) is 0 Å². The maximum Gasteiger partial charge on any atom is 0.276 e. The Bertz CT molecular complexity index is 720. The van der Waals surface area contributed by atoms with E-state index in [0.717, 1.165) is 51.0 Å². The molecule has 0 N–H and O–H groups in total. The van der Waals surface area contributed by atoms with Crippen molar-refractivity contribution in [3.8, 4) is 0 Å². The molecule has 2 aromatic rings. The van der Waals surface area contributed by atoms with E-state index < -0.39 is 0 Å². The highest BCUT2D eigenvalue weighted by atomic mass is 16.5. The minimum Gasteiger partial charge on any atom is -0.360 e. The first kappa shape index (κ1) is 15.4. The zero-order valence-electron chi connectivity index (χ0n) is 14.2. The van der Waals surface area contributed by atoms with E-state index in [0.29, 0.717) is 11.6 Å². The largest absolute Gasteiger partial charge is 0.360 e. The summed E-state index contributed by atoms with van der Waals surface area (Å²) in [5.74, 6) is 1.40. The van der Waals surface area contributed by atoms with Gasteiger partial charge in [0, 0.05) is 25.1 Å². The van der Waals surface area contributed by atoms with Gasteiger partial charge in [0.25, 0.3) is 5.91 Å². The van der Waals surface area contributed by atoms with E-state index in [4.69, 9.17) is 4.52 Å². The Kier molecular flexibility index (Phi) is 3.91. The van der Waals surface area contributed by atoms with Gasteiger partial charge in [-0.3, -0.25) is 4.79 Å². The number of hydrogen-bond acceptors (Lipinski definition) is 3. The van der Waals surface area contributed by atoms with Crippen molar-refractivity contribution < 1.29 is 9.32 Å². The number of rotatable bonds is 5. The van der Waals surface area contributed by atoms with Gasteiger partial charge in [0.05, 0.1) is 0 Å². The second-order valence-corrected chi connectivity index (χ2v) is 7.66. The first-order valence-corrected chi connectivity index (χ1v) is 8.93. The molecule has 2 fully saturated rings. The Morgan fingerprint density at radius 1 is 1.33 bits per heavy atom. The highest BCUT2D eigenvalue weighted by molar-refractivity contribution is 5.92. The molecule has 1 aromatic carbocycles. The van der Waals surface area contributed by atoms with Crippen molar-refractivity contribution in [2.24, 2.45) is 5.41 Å². The van der Waals surface area contributed by atoms with Crippen LogP contribution in [0.2, 0.25) is 0 Å². The maximum atomic E-state index is 12.7. The molecule has 1 aliphatic carbocycles. The van der Waals surface area contributed by atoms with Crippen LogP contribution in [-0.4, -0.2) is 29.1 Å². The van der Waals surface area contributed by atoms with E-state index in [-0.39, 0.29) is 11.3 Å². The lowest BCUT2D eigenvalue weighted by Crippen LogP contribution is -2.31. The maximum absolute atomic E-state index is 12.7. The number of aryl methyl sites for hydroxylation is 1. The molecule has 1 saturated carbocycles. The summed E-state index contributed by atoms with van der Waals surface area (Å²) in [6, 6.07) is 12.4. The van der Waals surface area contributed by atoms with E-state index in [9.17, 15) is 4.79 Å². The molecule has 2 aliphatic rings. The van der Waals surface area contributed by atoms with Crippen LogP contribution in [0.1, 0.15) is 60.3 Å². The Labute approximate surface area is 142 Å². The van der Waals surface area contributed by atoms with E-state index >= 15 is 0 Å². The molecule has 0 radical (unpaired) electrons. The predicted molar refractivity (Wildman–Crippen MR) is 91.9 cm³/mol. The third kappa shape index (κ3) is 3.23. The molecule has 1 unspecified atom stereocenters. The van der Waals surface area contributed by atoms with Crippen LogP contribution in [0.4, 0.5) is 0 Å². The van der Waals surface area contributed by atoms with Crippen molar-refractivity contribution in [2.75, 3.05) is 13.1 Å². The first-order chi connectivity index (χ1) is 11.6. The predicted octanol–water partition coefficient (Wildman–Crippen LogP) is 4.04. The Hall–Kier alpha value is -2.10. The molecule has 24 heavy (non-hydrogen) atoms.